The molecule has 0 aliphatic heterocycles. The predicted molar refractivity (Wildman–Crippen MR) is 132 cm³/mol. The number of carbonyl (C=O) groups excluding carboxylic acids is 1. The van der Waals surface area contributed by atoms with Crippen molar-refractivity contribution in [3.8, 4) is 17.2 Å². The molecule has 0 bridgehead atoms. The second kappa shape index (κ2) is 10.9. The van der Waals surface area contributed by atoms with E-state index in [2.05, 4.69) is 19.2 Å². The van der Waals surface area contributed by atoms with Crippen molar-refractivity contribution in [3.05, 3.63) is 67.6 Å². The van der Waals surface area contributed by atoms with Crippen molar-refractivity contribution in [2.45, 2.75) is 13.8 Å². The molecule has 33 heavy (non-hydrogen) atoms. The fraction of sp³-hybridized carbons (Fsp3) is 0.280. The Hall–Kier alpha value is -3.52. The van der Waals surface area contributed by atoms with Crippen LogP contribution in [-0.4, -0.2) is 31.3 Å². The largest absolute Gasteiger partial charge is 0.495 e. The molecule has 0 spiro atoms. The van der Waals surface area contributed by atoms with Crippen LogP contribution in [0.1, 0.15) is 19.4 Å². The molecule has 1 heterocycles. The maximum atomic E-state index is 12.8. The van der Waals surface area contributed by atoms with Crippen molar-refractivity contribution in [1.29, 1.82) is 0 Å². The van der Waals surface area contributed by atoms with Crippen LogP contribution < -0.4 is 34.3 Å². The summed E-state index contributed by atoms with van der Waals surface area (Å²) in [5.74, 6) is 1.83. The van der Waals surface area contributed by atoms with Crippen LogP contribution in [0.3, 0.4) is 0 Å². The minimum Gasteiger partial charge on any atom is -0.495 e. The molecule has 0 radical (unpaired) electrons. The monoisotopic (exact) mass is 468 g/mol. The molecule has 0 saturated heterocycles. The van der Waals surface area contributed by atoms with Gasteiger partial charge in [0, 0.05) is 13.1 Å². The van der Waals surface area contributed by atoms with Crippen LogP contribution in [0.25, 0.3) is 12.2 Å². The topological polar surface area (TPSA) is 78.8 Å². The molecule has 2 aromatic carbocycles. The van der Waals surface area contributed by atoms with Gasteiger partial charge in [0.25, 0.3) is 11.5 Å². The first-order chi connectivity index (χ1) is 15.8. The number of nitrogens with zero attached hydrogens (tertiary/aromatic N) is 1. The number of hydrogen-bond donors (Lipinski definition) is 1. The molecule has 8 heteroatoms. The molecule has 0 fully saturated rings. The van der Waals surface area contributed by atoms with Crippen LogP contribution in [0.4, 0.5) is 5.69 Å². The first-order valence-corrected chi connectivity index (χ1v) is 11.3. The summed E-state index contributed by atoms with van der Waals surface area (Å²) < 4.78 is 19.0. The molecule has 1 N–H and O–H groups in total. The highest BCUT2D eigenvalue weighted by molar-refractivity contribution is 7.07. The van der Waals surface area contributed by atoms with E-state index in [0.29, 0.717) is 44.7 Å². The molecule has 3 aromatic rings. The minimum absolute atomic E-state index is 0.184. The van der Waals surface area contributed by atoms with Gasteiger partial charge in [-0.05, 0) is 41.8 Å². The summed E-state index contributed by atoms with van der Waals surface area (Å²) >= 11 is 1.24. The summed E-state index contributed by atoms with van der Waals surface area (Å²) in [6.07, 6.45) is 3.19. The summed E-state index contributed by atoms with van der Waals surface area (Å²) in [5.41, 5.74) is 1.18. The molecule has 0 atom stereocenters. The second-order valence-corrected chi connectivity index (χ2v) is 8.82. The van der Waals surface area contributed by atoms with Gasteiger partial charge in [0.15, 0.2) is 11.5 Å². The number of hydrogen-bond acceptors (Lipinski definition) is 6. The van der Waals surface area contributed by atoms with Crippen LogP contribution in [0.5, 0.6) is 17.2 Å². The zero-order chi connectivity index (χ0) is 24.0. The fourth-order valence-corrected chi connectivity index (χ4v) is 4.07. The van der Waals surface area contributed by atoms with Gasteiger partial charge in [-0.2, -0.15) is 0 Å². The molecular weight excluding hydrogens is 440 g/mol. The molecule has 0 unspecified atom stereocenters. The number of para-hydroxylation sites is 2. The van der Waals surface area contributed by atoms with Gasteiger partial charge in [-0.15, -0.1) is 11.3 Å². The van der Waals surface area contributed by atoms with Crippen LogP contribution >= 0.6 is 11.3 Å². The van der Waals surface area contributed by atoms with E-state index in [-0.39, 0.29) is 11.5 Å². The Morgan fingerprint density at radius 1 is 1.09 bits per heavy atom. The number of benzene rings is 2. The fourth-order valence-electron chi connectivity index (χ4n) is 3.04. The highest BCUT2D eigenvalue weighted by atomic mass is 32.1. The van der Waals surface area contributed by atoms with Gasteiger partial charge in [0.1, 0.15) is 10.4 Å². The van der Waals surface area contributed by atoms with Gasteiger partial charge in [0.2, 0.25) is 0 Å². The lowest BCUT2D eigenvalue weighted by Gasteiger charge is -2.12. The average Bonchev–Trinajstić information content (AvgIpc) is 3.05. The average molecular weight is 469 g/mol. The van der Waals surface area contributed by atoms with Crippen molar-refractivity contribution in [3.63, 3.8) is 0 Å². The Labute approximate surface area is 196 Å². The van der Waals surface area contributed by atoms with Gasteiger partial charge < -0.3 is 24.1 Å². The van der Waals surface area contributed by atoms with Crippen molar-refractivity contribution < 1.29 is 19.0 Å². The summed E-state index contributed by atoms with van der Waals surface area (Å²) in [5, 5.41) is 2.79. The summed E-state index contributed by atoms with van der Waals surface area (Å²) in [7, 11) is 4.77. The minimum atomic E-state index is -0.350. The summed E-state index contributed by atoms with van der Waals surface area (Å²) in [6.45, 7) is 4.70. The molecule has 0 aliphatic rings. The molecule has 0 saturated carbocycles. The first-order valence-electron chi connectivity index (χ1n) is 10.5. The van der Waals surface area contributed by atoms with E-state index in [1.807, 2.05) is 24.3 Å². The molecule has 3 rings (SSSR count). The van der Waals surface area contributed by atoms with Gasteiger partial charge >= 0.3 is 0 Å². The van der Waals surface area contributed by atoms with E-state index >= 15 is 0 Å². The lowest BCUT2D eigenvalue weighted by Crippen LogP contribution is -2.29. The molecule has 1 aromatic heterocycles. The summed E-state index contributed by atoms with van der Waals surface area (Å²) in [4.78, 5) is 25.3. The molecular formula is C25H28N2O5S. The Balaban J connectivity index is 1.93. The van der Waals surface area contributed by atoms with E-state index in [0.717, 1.165) is 5.56 Å². The van der Waals surface area contributed by atoms with Crippen molar-refractivity contribution >= 4 is 35.1 Å². The van der Waals surface area contributed by atoms with Gasteiger partial charge in [-0.25, -0.2) is 0 Å². The molecule has 174 valence electrons. The Morgan fingerprint density at radius 2 is 1.82 bits per heavy atom. The number of aromatic nitrogens is 1. The van der Waals surface area contributed by atoms with Crippen LogP contribution in [-0.2, 0) is 11.8 Å². The highest BCUT2D eigenvalue weighted by Gasteiger charge is 2.09. The highest BCUT2D eigenvalue weighted by Crippen LogP contribution is 2.28. The number of rotatable bonds is 8. The van der Waals surface area contributed by atoms with E-state index in [1.54, 1.807) is 38.4 Å². The number of anilines is 1. The molecule has 1 amide bonds. The smallest absolute Gasteiger partial charge is 0.268 e. The number of thiazole rings is 1. The van der Waals surface area contributed by atoms with Gasteiger partial charge in [-0.1, -0.05) is 32.0 Å². The summed E-state index contributed by atoms with van der Waals surface area (Å²) in [6, 6.07) is 12.7. The third-order valence-electron chi connectivity index (χ3n) is 4.74. The SMILES string of the molecule is COc1ccccc1NC(=O)/C=c1/s/c(=C\c2ccc(OC)c(OCC(C)C)c2)c(=O)n1C. The Bertz CT molecular complexity index is 1310. The third-order valence-corrected chi connectivity index (χ3v) is 5.85. The van der Waals surface area contributed by atoms with Crippen LogP contribution in [0.15, 0.2) is 47.3 Å². The van der Waals surface area contributed by atoms with E-state index in [1.165, 1.54) is 29.1 Å². The van der Waals surface area contributed by atoms with Gasteiger partial charge in [-0.3, -0.25) is 9.59 Å². The Kier molecular flexibility index (Phi) is 7.95. The van der Waals surface area contributed by atoms with Crippen LogP contribution in [0.2, 0.25) is 0 Å². The second-order valence-electron chi connectivity index (χ2n) is 7.76. The zero-order valence-electron chi connectivity index (χ0n) is 19.4. The van der Waals surface area contributed by atoms with E-state index < -0.39 is 0 Å². The molecule has 0 aliphatic carbocycles. The number of nitrogens with one attached hydrogen (secondary N) is 1. The zero-order valence-corrected chi connectivity index (χ0v) is 20.2. The maximum Gasteiger partial charge on any atom is 0.268 e. The van der Waals surface area contributed by atoms with E-state index in [9.17, 15) is 9.59 Å². The standard InChI is InChI=1S/C25H28N2O5S/c1-16(2)15-32-21-12-17(10-11-20(21)31-5)13-22-25(29)27(3)24(33-22)14-23(28)26-18-8-6-7-9-19(18)30-4/h6-14,16H,15H2,1-5H3,(H,26,28)/b22-13-,24-14+. The quantitative estimate of drug-likeness (QED) is 0.550. The number of ether oxygens (including phenoxy) is 3. The van der Waals surface area contributed by atoms with E-state index in [4.69, 9.17) is 14.2 Å². The van der Waals surface area contributed by atoms with Gasteiger partial charge in [0.05, 0.1) is 31.0 Å². The van der Waals surface area contributed by atoms with Crippen molar-refractivity contribution in [1.82, 2.24) is 4.57 Å². The Morgan fingerprint density at radius 3 is 2.52 bits per heavy atom. The number of methoxy groups -OCH3 is 2. The van der Waals surface area contributed by atoms with Crippen LogP contribution in [0, 0.1) is 5.92 Å². The third kappa shape index (κ3) is 6.04. The number of amides is 1. The molecule has 7 nitrogen and oxygen atoms in total. The number of carbonyl (C=O) groups is 1. The maximum absolute atomic E-state index is 12.8. The predicted octanol–water partition coefficient (Wildman–Crippen LogP) is 2.75. The first kappa shape index (κ1) is 24.1. The lowest BCUT2D eigenvalue weighted by atomic mass is 10.2. The van der Waals surface area contributed by atoms with Crippen molar-refractivity contribution in [2.24, 2.45) is 13.0 Å². The normalized spacial score (nSPS) is 12.2. The van der Waals surface area contributed by atoms with Crippen molar-refractivity contribution in [2.75, 3.05) is 26.1 Å². The lowest BCUT2D eigenvalue weighted by molar-refractivity contribution is -0.110.